The summed E-state index contributed by atoms with van der Waals surface area (Å²) in [5.41, 5.74) is -0.817. The van der Waals surface area contributed by atoms with Crippen molar-refractivity contribution in [1.29, 1.82) is 0 Å². The number of nitrogens with one attached hydrogen (secondary N) is 1. The first-order chi connectivity index (χ1) is 9.72. The van der Waals surface area contributed by atoms with E-state index in [0.29, 0.717) is 6.42 Å². The molecule has 0 radical (unpaired) electrons. The van der Waals surface area contributed by atoms with Crippen molar-refractivity contribution in [1.82, 2.24) is 4.72 Å². The van der Waals surface area contributed by atoms with Crippen LogP contribution in [0.25, 0.3) is 0 Å². The molecular formula is C14H21NO5S. The monoisotopic (exact) mass is 315 g/mol. The van der Waals surface area contributed by atoms with Gasteiger partial charge in [-0.05, 0) is 37.6 Å². The Bertz CT molecular complexity index is 578. The fraction of sp³-hybridized carbons (Fsp3) is 0.500. The van der Waals surface area contributed by atoms with Crippen LogP contribution >= 0.6 is 0 Å². The van der Waals surface area contributed by atoms with Gasteiger partial charge in [0.2, 0.25) is 10.0 Å². The zero-order valence-corrected chi connectivity index (χ0v) is 13.2. The van der Waals surface area contributed by atoms with Crippen molar-refractivity contribution >= 4 is 16.0 Å². The lowest BCUT2D eigenvalue weighted by molar-refractivity contribution is 0.0554. The molecule has 118 valence electrons. The van der Waals surface area contributed by atoms with Crippen LogP contribution in [0.3, 0.4) is 0 Å². The zero-order chi connectivity index (χ0) is 16.1. The van der Waals surface area contributed by atoms with Crippen molar-refractivity contribution in [2.75, 3.05) is 13.7 Å². The van der Waals surface area contributed by atoms with Crippen molar-refractivity contribution in [3.8, 4) is 0 Å². The number of rotatable bonds is 7. The molecule has 7 heteroatoms. The third-order valence-electron chi connectivity index (χ3n) is 3.02. The topological polar surface area (TPSA) is 92.7 Å². The highest BCUT2D eigenvalue weighted by Gasteiger charge is 2.23. The molecule has 0 aliphatic heterocycles. The van der Waals surface area contributed by atoms with E-state index in [-0.39, 0.29) is 17.0 Å². The molecular weight excluding hydrogens is 294 g/mol. The summed E-state index contributed by atoms with van der Waals surface area (Å²) in [5.74, 6) is -0.530. The second-order valence-corrected chi connectivity index (χ2v) is 6.85. The Morgan fingerprint density at radius 1 is 1.33 bits per heavy atom. The van der Waals surface area contributed by atoms with E-state index in [4.69, 9.17) is 0 Å². The average molecular weight is 315 g/mol. The van der Waals surface area contributed by atoms with Gasteiger partial charge in [-0.2, -0.15) is 0 Å². The summed E-state index contributed by atoms with van der Waals surface area (Å²) in [6.45, 7) is 3.43. The summed E-state index contributed by atoms with van der Waals surface area (Å²) >= 11 is 0. The van der Waals surface area contributed by atoms with Crippen LogP contribution < -0.4 is 4.72 Å². The number of benzene rings is 1. The maximum atomic E-state index is 12.1. The predicted molar refractivity (Wildman–Crippen MR) is 78.5 cm³/mol. The first kappa shape index (κ1) is 17.6. The molecule has 0 bridgehead atoms. The molecule has 1 aromatic carbocycles. The van der Waals surface area contributed by atoms with Crippen LogP contribution in [-0.2, 0) is 14.8 Å². The Morgan fingerprint density at radius 3 is 2.38 bits per heavy atom. The Balaban J connectivity index is 2.81. The molecule has 0 fully saturated rings. The van der Waals surface area contributed by atoms with Gasteiger partial charge in [0, 0.05) is 6.54 Å². The molecule has 0 aromatic heterocycles. The van der Waals surface area contributed by atoms with Gasteiger partial charge in [0.25, 0.3) is 0 Å². The van der Waals surface area contributed by atoms with Crippen molar-refractivity contribution < 1.29 is 23.1 Å². The molecule has 0 aliphatic rings. The van der Waals surface area contributed by atoms with Crippen molar-refractivity contribution in [3.63, 3.8) is 0 Å². The zero-order valence-electron chi connectivity index (χ0n) is 12.4. The van der Waals surface area contributed by atoms with Gasteiger partial charge < -0.3 is 9.84 Å². The van der Waals surface area contributed by atoms with Crippen molar-refractivity contribution in [3.05, 3.63) is 29.8 Å². The number of hydrogen-bond acceptors (Lipinski definition) is 5. The average Bonchev–Trinajstić information content (AvgIpc) is 2.45. The third-order valence-corrected chi connectivity index (χ3v) is 4.43. The van der Waals surface area contributed by atoms with Gasteiger partial charge in [0.1, 0.15) is 0 Å². The minimum absolute atomic E-state index is 0.0300. The number of esters is 1. The lowest BCUT2D eigenvalue weighted by Gasteiger charge is -2.22. The van der Waals surface area contributed by atoms with Crippen molar-refractivity contribution in [2.24, 2.45) is 0 Å². The molecule has 0 spiro atoms. The molecule has 1 rings (SSSR count). The lowest BCUT2D eigenvalue weighted by Crippen LogP contribution is -2.40. The quantitative estimate of drug-likeness (QED) is 0.740. The Labute approximate surface area is 125 Å². The summed E-state index contributed by atoms with van der Waals surface area (Å²) in [7, 11) is -2.47. The van der Waals surface area contributed by atoms with E-state index in [1.807, 2.05) is 6.92 Å². The molecule has 21 heavy (non-hydrogen) atoms. The van der Waals surface area contributed by atoms with Gasteiger partial charge >= 0.3 is 5.97 Å². The van der Waals surface area contributed by atoms with Gasteiger partial charge in [-0.15, -0.1) is 0 Å². The van der Waals surface area contributed by atoms with Crippen LogP contribution in [0, 0.1) is 0 Å². The Kier molecular flexibility index (Phi) is 5.88. The largest absolute Gasteiger partial charge is 0.465 e. The fourth-order valence-electron chi connectivity index (χ4n) is 1.85. The molecule has 1 aromatic rings. The molecule has 6 nitrogen and oxygen atoms in total. The third kappa shape index (κ3) is 5.11. The second-order valence-electron chi connectivity index (χ2n) is 5.09. The summed E-state index contributed by atoms with van der Waals surface area (Å²) in [6.07, 6.45) is 1.25. The first-order valence-electron chi connectivity index (χ1n) is 6.62. The van der Waals surface area contributed by atoms with E-state index in [2.05, 4.69) is 9.46 Å². The highest BCUT2D eigenvalue weighted by Crippen LogP contribution is 2.14. The fourth-order valence-corrected chi connectivity index (χ4v) is 3.01. The number of hydrogen-bond donors (Lipinski definition) is 2. The van der Waals surface area contributed by atoms with Crippen LogP contribution in [0.4, 0.5) is 0 Å². The minimum Gasteiger partial charge on any atom is -0.465 e. The molecule has 2 N–H and O–H groups in total. The summed E-state index contributed by atoms with van der Waals surface area (Å²) in [4.78, 5) is 11.3. The molecule has 0 amide bonds. The predicted octanol–water partition coefficient (Wildman–Crippen LogP) is 1.30. The van der Waals surface area contributed by atoms with E-state index in [1.54, 1.807) is 6.92 Å². The summed E-state index contributed by atoms with van der Waals surface area (Å²) in [6, 6.07) is 5.40. The number of methoxy groups -OCH3 is 1. The Morgan fingerprint density at radius 2 is 1.90 bits per heavy atom. The van der Waals surface area contributed by atoms with E-state index in [0.717, 1.165) is 6.42 Å². The highest BCUT2D eigenvalue weighted by atomic mass is 32.2. The normalized spacial score (nSPS) is 14.5. The van der Waals surface area contributed by atoms with Crippen LogP contribution in [-0.4, -0.2) is 38.7 Å². The number of carbonyl (C=O) groups excluding carboxylic acids is 1. The van der Waals surface area contributed by atoms with E-state index in [1.165, 1.54) is 31.4 Å². The molecule has 0 aliphatic carbocycles. The van der Waals surface area contributed by atoms with Gasteiger partial charge in [0.15, 0.2) is 0 Å². The highest BCUT2D eigenvalue weighted by molar-refractivity contribution is 7.89. The first-order valence-corrected chi connectivity index (χ1v) is 8.10. The number of sulfonamides is 1. The standard InChI is InChI=1S/C14H21NO5S/c1-4-9-14(2,17)10-15-21(18,19)12-7-5-11(6-8-12)13(16)20-3/h5-8,15,17H,4,9-10H2,1-3H3. The van der Waals surface area contributed by atoms with Gasteiger partial charge in [-0.3, -0.25) is 0 Å². The molecule has 1 atom stereocenters. The number of ether oxygens (including phenoxy) is 1. The molecule has 1 unspecified atom stereocenters. The Hall–Kier alpha value is -1.44. The maximum absolute atomic E-state index is 12.1. The van der Waals surface area contributed by atoms with E-state index >= 15 is 0 Å². The minimum atomic E-state index is -3.72. The van der Waals surface area contributed by atoms with Gasteiger partial charge in [-0.1, -0.05) is 13.3 Å². The van der Waals surface area contributed by atoms with E-state index < -0.39 is 21.6 Å². The smallest absolute Gasteiger partial charge is 0.337 e. The molecule has 0 saturated heterocycles. The summed E-state index contributed by atoms with van der Waals surface area (Å²) < 4.78 is 31.1. The van der Waals surface area contributed by atoms with Crippen molar-refractivity contribution in [2.45, 2.75) is 37.2 Å². The maximum Gasteiger partial charge on any atom is 0.337 e. The molecule has 0 saturated carbocycles. The van der Waals surface area contributed by atoms with Crippen LogP contribution in [0.5, 0.6) is 0 Å². The number of carbonyl (C=O) groups is 1. The van der Waals surface area contributed by atoms with Gasteiger partial charge in [-0.25, -0.2) is 17.9 Å². The van der Waals surface area contributed by atoms with Crippen LogP contribution in [0.1, 0.15) is 37.0 Å². The van der Waals surface area contributed by atoms with E-state index in [9.17, 15) is 18.3 Å². The van der Waals surface area contributed by atoms with Crippen LogP contribution in [0.15, 0.2) is 29.2 Å². The number of aliphatic hydroxyl groups is 1. The van der Waals surface area contributed by atoms with Crippen LogP contribution in [0.2, 0.25) is 0 Å². The lowest BCUT2D eigenvalue weighted by atomic mass is 10.0. The summed E-state index contributed by atoms with van der Waals surface area (Å²) in [5, 5.41) is 9.99. The second kappa shape index (κ2) is 7.02. The molecule has 0 heterocycles. The SMILES string of the molecule is CCCC(C)(O)CNS(=O)(=O)c1ccc(C(=O)OC)cc1. The van der Waals surface area contributed by atoms with Gasteiger partial charge in [0.05, 0.1) is 23.2 Å².